The highest BCUT2D eigenvalue weighted by Crippen LogP contribution is 2.40. The van der Waals surface area contributed by atoms with E-state index in [1.54, 1.807) is 0 Å². The fourth-order valence-electron chi connectivity index (χ4n) is 3.05. The van der Waals surface area contributed by atoms with Crippen LogP contribution in [0.25, 0.3) is 0 Å². The van der Waals surface area contributed by atoms with E-state index in [0.29, 0.717) is 5.78 Å². The highest BCUT2D eigenvalue weighted by Gasteiger charge is 2.43. The Morgan fingerprint density at radius 2 is 1.59 bits per heavy atom. The summed E-state index contributed by atoms with van der Waals surface area (Å²) in [4.78, 5) is 45.0. The van der Waals surface area contributed by atoms with Gasteiger partial charge in [-0.25, -0.2) is 0 Å². The second-order valence-electron chi connectivity index (χ2n) is 5.44. The highest BCUT2D eigenvalue weighted by molar-refractivity contribution is 5.88. The number of carbonyl (C=O) groups is 1. The van der Waals surface area contributed by atoms with Gasteiger partial charge in [-0.05, 0) is 31.9 Å². The normalized spacial score (nSPS) is 14.7. The van der Waals surface area contributed by atoms with Crippen molar-refractivity contribution in [2.75, 3.05) is 0 Å². The van der Waals surface area contributed by atoms with Gasteiger partial charge in [0, 0.05) is 17.8 Å². The van der Waals surface area contributed by atoms with Gasteiger partial charge in [0.25, 0.3) is 0 Å². The number of aryl methyl sites for hydroxylation is 1. The zero-order valence-electron chi connectivity index (χ0n) is 13.1. The van der Waals surface area contributed by atoms with E-state index in [1.807, 2.05) is 19.9 Å². The van der Waals surface area contributed by atoms with Gasteiger partial charge in [-0.1, -0.05) is 26.7 Å². The maximum Gasteiger partial charge on any atom is 0.373 e. The van der Waals surface area contributed by atoms with E-state index in [1.165, 1.54) is 18.5 Å². The molecule has 0 spiro atoms. The molecule has 0 amide bonds. The minimum Gasteiger partial charge on any atom is -0.339 e. The number of ketones is 1. The molecule has 1 aromatic heterocycles. The van der Waals surface area contributed by atoms with Crippen LogP contribution in [-0.2, 0) is 29.5 Å². The average Bonchev–Trinajstić information content (AvgIpc) is 3.09. The van der Waals surface area contributed by atoms with Gasteiger partial charge < -0.3 is 4.57 Å². The lowest BCUT2D eigenvalue weighted by Gasteiger charge is -2.32. The molecule has 1 heterocycles. The fourth-order valence-corrected chi connectivity index (χ4v) is 3.05. The van der Waals surface area contributed by atoms with E-state index in [2.05, 4.69) is 23.8 Å². The summed E-state index contributed by atoms with van der Waals surface area (Å²) in [6.07, 6.45) is 6.95. The van der Waals surface area contributed by atoms with Gasteiger partial charge >= 0.3 is 12.3 Å². The first kappa shape index (κ1) is 19.7. The Balaban J connectivity index is 0.000000639. The van der Waals surface area contributed by atoms with Crippen molar-refractivity contribution in [1.82, 2.24) is 4.57 Å². The average molecular weight is 307 g/mol. The van der Waals surface area contributed by atoms with Gasteiger partial charge in [-0.3, -0.25) is 4.79 Å². The summed E-state index contributed by atoms with van der Waals surface area (Å²) in [7, 11) is 0. The first-order valence-electron chi connectivity index (χ1n) is 7.08. The molecule has 6 heteroatoms. The van der Waals surface area contributed by atoms with Crippen LogP contribution in [0.15, 0.2) is 18.3 Å². The van der Waals surface area contributed by atoms with Crippen molar-refractivity contribution >= 4 is 18.1 Å². The number of Topliss-reactive ketones (excluding diaryl/α,β-unsaturated/α-hetero) is 1. The summed E-state index contributed by atoms with van der Waals surface area (Å²) in [6.45, 7) is 6.12. The molecule has 0 saturated heterocycles. The summed E-state index contributed by atoms with van der Waals surface area (Å²) >= 11 is 0. The van der Waals surface area contributed by atoms with Crippen molar-refractivity contribution in [2.45, 2.75) is 52.0 Å². The standard InChI is InChI=1S/C14H21NO.2CO2/c1-11(2)13(16)14(8-4-5-9-14)15-10-6-7-12(15)3;2*2-1-3/h6-7,10-11H,4-5,8-9H2,1-3H3;;. The quantitative estimate of drug-likeness (QED) is 0.853. The molecule has 1 aliphatic rings. The molecule has 1 aliphatic carbocycles. The molecule has 0 bridgehead atoms. The van der Waals surface area contributed by atoms with E-state index in [9.17, 15) is 4.79 Å². The van der Waals surface area contributed by atoms with Crippen molar-refractivity contribution in [1.29, 1.82) is 0 Å². The third-order valence-electron chi connectivity index (χ3n) is 3.83. The topological polar surface area (TPSA) is 90.3 Å². The summed E-state index contributed by atoms with van der Waals surface area (Å²) < 4.78 is 2.21. The van der Waals surface area contributed by atoms with Gasteiger partial charge in [0.1, 0.15) is 5.54 Å². The minimum absolute atomic E-state index is 0.125. The summed E-state index contributed by atoms with van der Waals surface area (Å²) in [5.74, 6) is 0.532. The molecule has 1 fully saturated rings. The van der Waals surface area contributed by atoms with Gasteiger partial charge in [-0.15, -0.1) is 0 Å². The van der Waals surface area contributed by atoms with Crippen molar-refractivity contribution in [3.8, 4) is 0 Å². The van der Waals surface area contributed by atoms with Crippen LogP contribution in [-0.4, -0.2) is 22.7 Å². The summed E-state index contributed by atoms with van der Waals surface area (Å²) in [5, 5.41) is 0. The molecule has 0 aliphatic heterocycles. The molecule has 0 radical (unpaired) electrons. The van der Waals surface area contributed by atoms with Gasteiger partial charge in [0.05, 0.1) is 0 Å². The maximum absolute atomic E-state index is 12.5. The number of hydrogen-bond donors (Lipinski definition) is 0. The molecule has 0 aromatic carbocycles. The van der Waals surface area contributed by atoms with Crippen LogP contribution in [0.5, 0.6) is 0 Å². The molecular weight excluding hydrogens is 286 g/mol. The molecule has 6 nitrogen and oxygen atoms in total. The molecular formula is C16H21NO5. The lowest BCUT2D eigenvalue weighted by atomic mass is 9.85. The number of carbonyl (C=O) groups excluding carboxylic acids is 5. The van der Waals surface area contributed by atoms with Crippen LogP contribution in [0, 0.1) is 12.8 Å². The lowest BCUT2D eigenvalue weighted by molar-refractivity contribution is -0.193. The van der Waals surface area contributed by atoms with Crippen molar-refractivity contribution in [3.63, 3.8) is 0 Å². The second kappa shape index (κ2) is 9.61. The highest BCUT2D eigenvalue weighted by atomic mass is 16.2. The smallest absolute Gasteiger partial charge is 0.339 e. The van der Waals surface area contributed by atoms with Crippen LogP contribution in [0.4, 0.5) is 0 Å². The van der Waals surface area contributed by atoms with Crippen LogP contribution in [0.3, 0.4) is 0 Å². The molecule has 1 aromatic rings. The van der Waals surface area contributed by atoms with E-state index in [0.717, 1.165) is 12.8 Å². The zero-order chi connectivity index (χ0) is 17.2. The predicted molar refractivity (Wildman–Crippen MR) is 75.5 cm³/mol. The van der Waals surface area contributed by atoms with Crippen LogP contribution in [0.2, 0.25) is 0 Å². The lowest BCUT2D eigenvalue weighted by Crippen LogP contribution is -2.42. The van der Waals surface area contributed by atoms with E-state index in [4.69, 9.17) is 19.2 Å². The number of rotatable bonds is 3. The Labute approximate surface area is 129 Å². The fraction of sp³-hybridized carbons (Fsp3) is 0.562. The largest absolute Gasteiger partial charge is 0.373 e. The van der Waals surface area contributed by atoms with Crippen molar-refractivity contribution in [2.24, 2.45) is 5.92 Å². The van der Waals surface area contributed by atoms with Crippen LogP contribution >= 0.6 is 0 Å². The molecule has 2 rings (SSSR count). The second-order valence-corrected chi connectivity index (χ2v) is 5.44. The van der Waals surface area contributed by atoms with E-state index < -0.39 is 0 Å². The van der Waals surface area contributed by atoms with Crippen molar-refractivity contribution in [3.05, 3.63) is 24.0 Å². The van der Waals surface area contributed by atoms with Crippen LogP contribution in [0.1, 0.15) is 45.2 Å². The van der Waals surface area contributed by atoms with Gasteiger partial charge in [0.15, 0.2) is 5.78 Å². The molecule has 120 valence electrons. The maximum atomic E-state index is 12.5. The monoisotopic (exact) mass is 307 g/mol. The Bertz CT molecular complexity index is 529. The first-order valence-corrected chi connectivity index (χ1v) is 7.08. The Hall–Kier alpha value is -2.29. The number of hydrogen-bond acceptors (Lipinski definition) is 5. The van der Waals surface area contributed by atoms with Crippen molar-refractivity contribution < 1.29 is 24.0 Å². The Kier molecular flexibility index (Phi) is 8.61. The predicted octanol–water partition coefficient (Wildman–Crippen LogP) is 2.12. The van der Waals surface area contributed by atoms with E-state index >= 15 is 0 Å². The Morgan fingerprint density at radius 3 is 1.91 bits per heavy atom. The number of aromatic nitrogens is 1. The minimum atomic E-state index is -0.234. The SMILES string of the molecule is Cc1cccn1C1(C(=O)C(C)C)CCCC1.O=C=O.O=C=O. The molecule has 1 saturated carbocycles. The molecule has 0 unspecified atom stereocenters. The molecule has 22 heavy (non-hydrogen) atoms. The van der Waals surface area contributed by atoms with E-state index in [-0.39, 0.29) is 23.8 Å². The summed E-state index contributed by atoms with van der Waals surface area (Å²) in [6, 6.07) is 4.14. The third kappa shape index (κ3) is 4.62. The number of nitrogens with zero attached hydrogens (tertiary/aromatic N) is 1. The third-order valence-corrected chi connectivity index (χ3v) is 3.83. The molecule has 0 N–H and O–H groups in total. The Morgan fingerprint density at radius 1 is 1.14 bits per heavy atom. The first-order chi connectivity index (χ1) is 10.4. The van der Waals surface area contributed by atoms with Gasteiger partial charge in [-0.2, -0.15) is 19.2 Å². The van der Waals surface area contributed by atoms with Crippen LogP contribution < -0.4 is 0 Å². The summed E-state index contributed by atoms with van der Waals surface area (Å²) in [5.41, 5.74) is 0.970. The zero-order valence-corrected chi connectivity index (χ0v) is 13.1. The molecule has 0 atom stereocenters. The van der Waals surface area contributed by atoms with Gasteiger partial charge in [0.2, 0.25) is 0 Å².